The minimum absolute atomic E-state index is 0.0146. The Bertz CT molecular complexity index is 732. The van der Waals surface area contributed by atoms with Gasteiger partial charge in [-0.1, -0.05) is 5.92 Å². The number of carbonyl (C=O) groups is 1. The van der Waals surface area contributed by atoms with Crippen LogP contribution in [-0.2, 0) is 0 Å². The number of hydrogen-bond acceptors (Lipinski definition) is 6. The first kappa shape index (κ1) is 15.7. The molecule has 7 heteroatoms. The number of aromatic carboxylic acids is 1. The summed E-state index contributed by atoms with van der Waals surface area (Å²) in [6.45, 7) is 0. The molecule has 22 heavy (non-hydrogen) atoms. The van der Waals surface area contributed by atoms with Crippen LogP contribution in [0.15, 0.2) is 17.5 Å². The van der Waals surface area contributed by atoms with E-state index >= 15 is 0 Å². The first-order valence-corrected chi connectivity index (χ1v) is 6.97. The lowest BCUT2D eigenvalue weighted by molar-refractivity contribution is 0.0691. The first-order valence-electron chi connectivity index (χ1n) is 6.10. The molecule has 0 bridgehead atoms. The smallest absolute Gasteiger partial charge is 0.355 e. The van der Waals surface area contributed by atoms with Gasteiger partial charge in [-0.25, -0.2) is 9.78 Å². The molecule has 0 fully saturated rings. The average molecular weight is 319 g/mol. The van der Waals surface area contributed by atoms with E-state index in [2.05, 4.69) is 16.8 Å². The van der Waals surface area contributed by atoms with Crippen LogP contribution in [0.4, 0.5) is 0 Å². The van der Waals surface area contributed by atoms with Crippen LogP contribution < -0.4 is 14.2 Å². The molecule has 0 aliphatic carbocycles. The number of aromatic nitrogens is 1. The predicted octanol–water partition coefficient (Wildman–Crippen LogP) is 2.27. The van der Waals surface area contributed by atoms with Crippen LogP contribution >= 0.6 is 11.3 Å². The Balaban J connectivity index is 2.37. The van der Waals surface area contributed by atoms with Gasteiger partial charge in [-0.05, 0) is 18.1 Å². The monoisotopic (exact) mass is 319 g/mol. The number of benzene rings is 1. The molecular weight excluding hydrogens is 306 g/mol. The molecule has 0 atom stereocenters. The van der Waals surface area contributed by atoms with E-state index in [4.69, 9.17) is 19.3 Å². The number of methoxy groups -OCH3 is 3. The van der Waals surface area contributed by atoms with Crippen LogP contribution in [0.1, 0.15) is 21.1 Å². The molecule has 1 aromatic heterocycles. The molecule has 6 nitrogen and oxygen atoms in total. The van der Waals surface area contributed by atoms with Crippen molar-refractivity contribution in [3.63, 3.8) is 0 Å². The van der Waals surface area contributed by atoms with Crippen molar-refractivity contribution >= 4 is 17.3 Å². The Morgan fingerprint density at radius 2 is 1.77 bits per heavy atom. The number of rotatable bonds is 4. The summed E-state index contributed by atoms with van der Waals surface area (Å²) in [6.07, 6.45) is 0. The fourth-order valence-electron chi connectivity index (χ4n) is 1.71. The third-order valence-electron chi connectivity index (χ3n) is 2.70. The van der Waals surface area contributed by atoms with Gasteiger partial charge < -0.3 is 19.3 Å². The van der Waals surface area contributed by atoms with E-state index < -0.39 is 5.97 Å². The number of ether oxygens (including phenoxy) is 3. The van der Waals surface area contributed by atoms with Crippen molar-refractivity contribution < 1.29 is 24.1 Å². The Kier molecular flexibility index (Phi) is 4.86. The second kappa shape index (κ2) is 6.83. The molecule has 0 spiro atoms. The molecule has 0 radical (unpaired) electrons. The second-order valence-electron chi connectivity index (χ2n) is 4.01. The molecule has 1 aromatic carbocycles. The zero-order valence-electron chi connectivity index (χ0n) is 12.2. The summed E-state index contributed by atoms with van der Waals surface area (Å²) in [5.41, 5.74) is 0.626. The molecule has 114 valence electrons. The van der Waals surface area contributed by atoms with Crippen molar-refractivity contribution in [1.29, 1.82) is 0 Å². The Hall–Kier alpha value is -2.72. The second-order valence-corrected chi connectivity index (χ2v) is 4.87. The number of carboxylic acids is 1. The van der Waals surface area contributed by atoms with E-state index in [1.165, 1.54) is 38.0 Å². The highest BCUT2D eigenvalue weighted by molar-refractivity contribution is 7.10. The number of thiazole rings is 1. The molecule has 0 saturated carbocycles. The SMILES string of the molecule is COc1cc(C#Cc2nc(C(=O)O)cs2)cc(OC)c1OC. The van der Waals surface area contributed by atoms with Crippen LogP contribution in [0.3, 0.4) is 0 Å². The van der Waals surface area contributed by atoms with E-state index in [-0.39, 0.29) is 5.69 Å². The predicted molar refractivity (Wildman–Crippen MR) is 81.2 cm³/mol. The molecule has 2 rings (SSSR count). The highest BCUT2D eigenvalue weighted by Crippen LogP contribution is 2.37. The summed E-state index contributed by atoms with van der Waals surface area (Å²) in [4.78, 5) is 14.7. The molecule has 0 saturated heterocycles. The summed E-state index contributed by atoms with van der Waals surface area (Å²) in [5, 5.41) is 10.7. The molecule has 0 aliphatic rings. The van der Waals surface area contributed by atoms with Gasteiger partial charge in [0.25, 0.3) is 0 Å². The molecule has 0 amide bonds. The fourth-order valence-corrected chi connectivity index (χ4v) is 2.35. The highest BCUT2D eigenvalue weighted by Gasteiger charge is 2.12. The lowest BCUT2D eigenvalue weighted by Crippen LogP contribution is -1.96. The van der Waals surface area contributed by atoms with Crippen molar-refractivity contribution in [2.45, 2.75) is 0 Å². The summed E-state index contributed by atoms with van der Waals surface area (Å²) in [6, 6.07) is 3.42. The van der Waals surface area contributed by atoms with Gasteiger partial charge in [-0.2, -0.15) is 0 Å². The minimum atomic E-state index is -1.07. The summed E-state index contributed by atoms with van der Waals surface area (Å²) in [5.74, 6) is 6.13. The van der Waals surface area contributed by atoms with Crippen molar-refractivity contribution in [1.82, 2.24) is 4.98 Å². The van der Waals surface area contributed by atoms with Gasteiger partial charge in [-0.15, -0.1) is 11.3 Å². The molecule has 1 heterocycles. The summed E-state index contributed by atoms with van der Waals surface area (Å²) in [7, 11) is 4.57. The first-order chi connectivity index (χ1) is 10.6. The Labute approximate surface area is 131 Å². The van der Waals surface area contributed by atoms with E-state index in [9.17, 15) is 4.79 Å². The van der Waals surface area contributed by atoms with Crippen molar-refractivity contribution in [2.75, 3.05) is 21.3 Å². The van der Waals surface area contributed by atoms with Crippen LogP contribution in [0.25, 0.3) is 0 Å². The maximum absolute atomic E-state index is 10.8. The van der Waals surface area contributed by atoms with E-state index in [0.29, 0.717) is 27.8 Å². The van der Waals surface area contributed by atoms with E-state index in [1.54, 1.807) is 12.1 Å². The quantitative estimate of drug-likeness (QED) is 0.871. The van der Waals surface area contributed by atoms with E-state index in [1.807, 2.05) is 0 Å². The summed E-state index contributed by atoms with van der Waals surface area (Å²) < 4.78 is 15.7. The van der Waals surface area contributed by atoms with E-state index in [0.717, 1.165) is 0 Å². The maximum Gasteiger partial charge on any atom is 0.355 e. The van der Waals surface area contributed by atoms with Crippen LogP contribution in [-0.4, -0.2) is 37.4 Å². The van der Waals surface area contributed by atoms with Gasteiger partial charge in [0.2, 0.25) is 5.75 Å². The van der Waals surface area contributed by atoms with Crippen molar-refractivity contribution in [2.24, 2.45) is 0 Å². The van der Waals surface area contributed by atoms with Gasteiger partial charge in [0.15, 0.2) is 22.2 Å². The highest BCUT2D eigenvalue weighted by atomic mass is 32.1. The topological polar surface area (TPSA) is 77.9 Å². The molecule has 1 N–H and O–H groups in total. The molecule has 2 aromatic rings. The van der Waals surface area contributed by atoms with Gasteiger partial charge in [0.1, 0.15) is 0 Å². The largest absolute Gasteiger partial charge is 0.493 e. The number of carboxylic acid groups (broad SMARTS) is 1. The Morgan fingerprint density at radius 1 is 1.14 bits per heavy atom. The lowest BCUT2D eigenvalue weighted by atomic mass is 10.2. The standard InChI is InChI=1S/C15H13NO5S/c1-19-11-6-9(7-12(20-2)14(11)21-3)4-5-13-16-10(8-22-13)15(17)18/h6-8H,1-3H3,(H,17,18). The maximum atomic E-state index is 10.8. The average Bonchev–Trinajstić information content (AvgIpc) is 3.00. The third kappa shape index (κ3) is 3.30. The number of nitrogens with zero attached hydrogens (tertiary/aromatic N) is 1. The Morgan fingerprint density at radius 3 is 2.23 bits per heavy atom. The van der Waals surface area contributed by atoms with Crippen molar-refractivity contribution in [3.05, 3.63) is 33.8 Å². The van der Waals surface area contributed by atoms with Crippen molar-refractivity contribution in [3.8, 4) is 29.1 Å². The normalized spacial score (nSPS) is 9.59. The van der Waals surface area contributed by atoms with Gasteiger partial charge >= 0.3 is 5.97 Å². The van der Waals surface area contributed by atoms with Gasteiger partial charge in [0, 0.05) is 10.9 Å². The van der Waals surface area contributed by atoms with Crippen LogP contribution in [0.5, 0.6) is 17.2 Å². The van der Waals surface area contributed by atoms with Gasteiger partial charge in [0.05, 0.1) is 21.3 Å². The zero-order valence-corrected chi connectivity index (χ0v) is 13.0. The number of hydrogen-bond donors (Lipinski definition) is 1. The third-order valence-corrected chi connectivity index (χ3v) is 3.46. The molecular formula is C15H13NO5S. The fraction of sp³-hybridized carbons (Fsp3) is 0.200. The molecule has 0 aliphatic heterocycles. The van der Waals surface area contributed by atoms with Gasteiger partial charge in [-0.3, -0.25) is 0 Å². The molecule has 0 unspecified atom stereocenters. The van der Waals surface area contributed by atoms with Crippen LogP contribution in [0.2, 0.25) is 0 Å². The van der Waals surface area contributed by atoms with Crippen LogP contribution in [0, 0.1) is 11.8 Å². The minimum Gasteiger partial charge on any atom is -0.493 e. The summed E-state index contributed by atoms with van der Waals surface area (Å²) >= 11 is 1.17. The zero-order chi connectivity index (χ0) is 16.1. The lowest BCUT2D eigenvalue weighted by Gasteiger charge is -2.12.